The van der Waals surface area contributed by atoms with Crippen LogP contribution in [0.25, 0.3) is 22.4 Å². The van der Waals surface area contributed by atoms with E-state index in [4.69, 9.17) is 9.26 Å². The predicted octanol–water partition coefficient (Wildman–Crippen LogP) is 4.52. The molecule has 31 heavy (non-hydrogen) atoms. The maximum atomic E-state index is 13.4. The zero-order valence-corrected chi connectivity index (χ0v) is 18.4. The topological polar surface area (TPSA) is 94.3 Å². The van der Waals surface area contributed by atoms with Gasteiger partial charge in [-0.25, -0.2) is 9.78 Å². The van der Waals surface area contributed by atoms with Crippen LogP contribution in [0.2, 0.25) is 0 Å². The third-order valence-electron chi connectivity index (χ3n) is 5.02. The summed E-state index contributed by atoms with van der Waals surface area (Å²) in [7, 11) is 1.29. The first kappa shape index (κ1) is 20.7. The maximum absolute atomic E-state index is 13.4. The van der Waals surface area contributed by atoms with Crippen LogP contribution in [0.15, 0.2) is 47.0 Å². The van der Waals surface area contributed by atoms with E-state index in [1.165, 1.54) is 7.11 Å². The average Bonchev–Trinajstić information content (AvgIpc) is 3.32. The largest absolute Gasteiger partial charge is 0.467 e. The number of thiophene rings is 1. The van der Waals surface area contributed by atoms with Crippen LogP contribution in [0, 0.1) is 20.8 Å². The molecule has 3 aromatic heterocycles. The molecule has 0 fully saturated rings. The summed E-state index contributed by atoms with van der Waals surface area (Å²) < 4.78 is 10.3. The van der Waals surface area contributed by atoms with Crippen molar-refractivity contribution >= 4 is 34.3 Å². The van der Waals surface area contributed by atoms with Gasteiger partial charge in [0.15, 0.2) is 6.04 Å². The van der Waals surface area contributed by atoms with E-state index in [1.807, 2.05) is 26.0 Å². The lowest BCUT2D eigenvalue weighted by molar-refractivity contribution is -0.143. The first-order valence-corrected chi connectivity index (χ1v) is 10.5. The van der Waals surface area contributed by atoms with Gasteiger partial charge in [-0.05, 0) is 38.5 Å². The van der Waals surface area contributed by atoms with Crippen molar-refractivity contribution in [3.63, 3.8) is 0 Å². The van der Waals surface area contributed by atoms with E-state index in [0.717, 1.165) is 15.3 Å². The Morgan fingerprint density at radius 1 is 1.13 bits per heavy atom. The van der Waals surface area contributed by atoms with Gasteiger partial charge in [-0.3, -0.25) is 4.79 Å². The second kappa shape index (κ2) is 8.31. The maximum Gasteiger partial charge on any atom is 0.333 e. The van der Waals surface area contributed by atoms with Gasteiger partial charge in [0, 0.05) is 15.3 Å². The molecule has 0 radical (unpaired) electrons. The highest BCUT2D eigenvalue weighted by Crippen LogP contribution is 2.33. The van der Waals surface area contributed by atoms with E-state index in [2.05, 4.69) is 15.5 Å². The number of fused-ring (bicyclic) bond motifs is 1. The second-order valence-corrected chi connectivity index (χ2v) is 8.63. The summed E-state index contributed by atoms with van der Waals surface area (Å²) in [5.74, 6) is -1.000. The molecule has 4 aromatic rings. The van der Waals surface area contributed by atoms with Gasteiger partial charge in [-0.2, -0.15) is 0 Å². The van der Waals surface area contributed by atoms with Crippen LogP contribution in [0.5, 0.6) is 0 Å². The number of methoxy groups -OCH3 is 1. The smallest absolute Gasteiger partial charge is 0.333 e. The summed E-state index contributed by atoms with van der Waals surface area (Å²) in [6, 6.07) is 11.8. The number of nitrogens with zero attached hydrogens (tertiary/aromatic N) is 2. The van der Waals surface area contributed by atoms with E-state index in [0.29, 0.717) is 27.9 Å². The molecule has 3 heterocycles. The lowest BCUT2D eigenvalue weighted by Crippen LogP contribution is -2.34. The molecule has 7 nitrogen and oxygen atoms in total. The Balaban J connectivity index is 1.80. The molecule has 0 aliphatic carbocycles. The predicted molar refractivity (Wildman–Crippen MR) is 118 cm³/mol. The van der Waals surface area contributed by atoms with E-state index in [9.17, 15) is 9.59 Å². The molecule has 8 heteroatoms. The fraction of sp³-hybridized carbons (Fsp3) is 0.217. The van der Waals surface area contributed by atoms with Gasteiger partial charge in [0.1, 0.15) is 0 Å². The van der Waals surface area contributed by atoms with Crippen molar-refractivity contribution in [1.82, 2.24) is 15.5 Å². The number of amides is 1. The van der Waals surface area contributed by atoms with Crippen molar-refractivity contribution in [2.24, 2.45) is 0 Å². The lowest BCUT2D eigenvalue weighted by Gasteiger charge is -2.17. The normalized spacial score (nSPS) is 12.0. The number of carbonyl (C=O) groups is 2. The lowest BCUT2D eigenvalue weighted by atomic mass is 10.0. The SMILES string of the molecule is COC(=O)C(NC(=O)c1cc(-c2cc(C)sc2C)nc2onc(C)c12)c1ccccc1. The van der Waals surface area contributed by atoms with Gasteiger partial charge in [0.05, 0.1) is 29.4 Å². The monoisotopic (exact) mass is 435 g/mol. The Kier molecular flexibility index (Phi) is 5.56. The van der Waals surface area contributed by atoms with E-state index in [-0.39, 0.29) is 5.71 Å². The Hall–Kier alpha value is -3.52. The highest BCUT2D eigenvalue weighted by atomic mass is 32.1. The van der Waals surface area contributed by atoms with Crippen molar-refractivity contribution in [2.45, 2.75) is 26.8 Å². The first-order valence-electron chi connectivity index (χ1n) is 9.67. The van der Waals surface area contributed by atoms with Crippen molar-refractivity contribution < 1.29 is 18.8 Å². The minimum atomic E-state index is -0.948. The molecule has 1 aromatic carbocycles. The number of benzene rings is 1. The summed E-state index contributed by atoms with van der Waals surface area (Å²) in [6.45, 7) is 5.78. The standard InChI is InChI=1S/C23H21N3O4S/c1-12-10-16(14(3)31-12)18-11-17(19-13(2)26-30-22(19)24-18)21(27)25-20(23(28)29-4)15-8-6-5-7-9-15/h5-11,20H,1-4H3,(H,25,27). The summed E-state index contributed by atoms with van der Waals surface area (Å²) >= 11 is 1.66. The quantitative estimate of drug-likeness (QED) is 0.463. The molecule has 158 valence electrons. The van der Waals surface area contributed by atoms with Crippen LogP contribution in [0.4, 0.5) is 0 Å². The summed E-state index contributed by atoms with van der Waals surface area (Å²) in [6.07, 6.45) is 0. The van der Waals surface area contributed by atoms with Crippen LogP contribution in [-0.4, -0.2) is 29.1 Å². The number of carbonyl (C=O) groups excluding carboxylic acids is 2. The summed E-state index contributed by atoms with van der Waals surface area (Å²) in [5, 5.41) is 7.30. The van der Waals surface area contributed by atoms with Crippen LogP contribution in [-0.2, 0) is 9.53 Å². The van der Waals surface area contributed by atoms with Crippen molar-refractivity contribution in [3.8, 4) is 11.3 Å². The van der Waals surface area contributed by atoms with Crippen LogP contribution in [0.3, 0.4) is 0 Å². The molecule has 0 aliphatic rings. The molecule has 0 bridgehead atoms. The van der Waals surface area contributed by atoms with Crippen LogP contribution < -0.4 is 5.32 Å². The number of aromatic nitrogens is 2. The van der Waals surface area contributed by atoms with Gasteiger partial charge in [-0.15, -0.1) is 11.3 Å². The highest BCUT2D eigenvalue weighted by molar-refractivity contribution is 7.12. The molecular weight excluding hydrogens is 414 g/mol. The Bertz CT molecular complexity index is 1280. The summed E-state index contributed by atoms with van der Waals surface area (Å²) in [5.41, 5.74) is 3.33. The van der Waals surface area contributed by atoms with Crippen molar-refractivity contribution in [3.05, 3.63) is 69.0 Å². The third kappa shape index (κ3) is 3.94. The zero-order chi connectivity index (χ0) is 22.1. The van der Waals surface area contributed by atoms with Gasteiger partial charge >= 0.3 is 5.97 Å². The number of aryl methyl sites for hydroxylation is 3. The van der Waals surface area contributed by atoms with Gasteiger partial charge in [0.25, 0.3) is 11.6 Å². The number of esters is 1. The van der Waals surface area contributed by atoms with Crippen LogP contribution >= 0.6 is 11.3 Å². The molecule has 1 unspecified atom stereocenters. The molecule has 0 saturated carbocycles. The molecule has 1 atom stereocenters. The van der Waals surface area contributed by atoms with Gasteiger partial charge < -0.3 is 14.6 Å². The number of nitrogens with one attached hydrogen (secondary N) is 1. The van der Waals surface area contributed by atoms with Gasteiger partial charge in [-0.1, -0.05) is 35.5 Å². The number of hydrogen-bond acceptors (Lipinski definition) is 7. The number of ether oxygens (including phenoxy) is 1. The average molecular weight is 436 g/mol. The molecule has 4 rings (SSSR count). The Morgan fingerprint density at radius 2 is 1.87 bits per heavy atom. The van der Waals surface area contributed by atoms with Crippen molar-refractivity contribution in [1.29, 1.82) is 0 Å². The Morgan fingerprint density at radius 3 is 2.52 bits per heavy atom. The van der Waals surface area contributed by atoms with E-state index >= 15 is 0 Å². The zero-order valence-electron chi connectivity index (χ0n) is 17.6. The third-order valence-corrected chi connectivity index (χ3v) is 5.99. The van der Waals surface area contributed by atoms with Gasteiger partial charge in [0.2, 0.25) is 0 Å². The molecule has 1 N–H and O–H groups in total. The molecule has 0 saturated heterocycles. The molecule has 1 amide bonds. The Labute approximate surface area is 183 Å². The van der Waals surface area contributed by atoms with E-state index < -0.39 is 17.9 Å². The minimum Gasteiger partial charge on any atom is -0.467 e. The van der Waals surface area contributed by atoms with Crippen molar-refractivity contribution in [2.75, 3.05) is 7.11 Å². The fourth-order valence-electron chi connectivity index (χ4n) is 3.55. The number of hydrogen-bond donors (Lipinski definition) is 1. The summed E-state index contributed by atoms with van der Waals surface area (Å²) in [4.78, 5) is 32.6. The number of pyridine rings is 1. The minimum absolute atomic E-state index is 0.276. The number of rotatable bonds is 5. The highest BCUT2D eigenvalue weighted by Gasteiger charge is 2.27. The molecule has 0 spiro atoms. The first-order chi connectivity index (χ1) is 14.9. The molecular formula is C23H21N3O4S. The fourth-order valence-corrected chi connectivity index (χ4v) is 4.48. The second-order valence-electron chi connectivity index (χ2n) is 7.17. The molecule has 0 aliphatic heterocycles. The van der Waals surface area contributed by atoms with Crippen LogP contribution in [0.1, 0.15) is 37.4 Å². The van der Waals surface area contributed by atoms with E-state index in [1.54, 1.807) is 48.6 Å².